The molecule has 2 aliphatic heterocycles. The van der Waals surface area contributed by atoms with Crippen LogP contribution in [-0.4, -0.2) is 37.0 Å². The Balaban J connectivity index is 1.33. The second-order valence-corrected chi connectivity index (χ2v) is 7.31. The number of rotatable bonds is 5. The van der Waals surface area contributed by atoms with Crippen LogP contribution in [0.2, 0.25) is 0 Å². The van der Waals surface area contributed by atoms with Gasteiger partial charge in [0.05, 0.1) is 24.5 Å². The van der Waals surface area contributed by atoms with E-state index in [4.69, 9.17) is 4.99 Å². The quantitative estimate of drug-likeness (QED) is 0.636. The molecule has 4 N–H and O–H groups in total. The fourth-order valence-corrected chi connectivity index (χ4v) is 3.65. The van der Waals surface area contributed by atoms with E-state index >= 15 is 0 Å². The minimum Gasteiger partial charge on any atom is -0.331 e. The molecule has 2 heterocycles. The molecular weight excluding hydrogens is 350 g/mol. The normalized spacial score (nSPS) is 28.6. The summed E-state index contributed by atoms with van der Waals surface area (Å²) in [7, 11) is 0. The predicted molar refractivity (Wildman–Crippen MR) is 102 cm³/mol. The van der Waals surface area contributed by atoms with E-state index in [1.54, 1.807) is 18.5 Å². The Kier molecular flexibility index (Phi) is 4.92. The van der Waals surface area contributed by atoms with Crippen LogP contribution in [0.3, 0.4) is 0 Å². The minimum atomic E-state index is -2.88. The lowest BCUT2D eigenvalue weighted by molar-refractivity contribution is -0.00560. The van der Waals surface area contributed by atoms with Crippen LogP contribution in [0.4, 0.5) is 8.78 Å². The number of hydrazine groups is 1. The molecule has 0 amide bonds. The van der Waals surface area contributed by atoms with Crippen molar-refractivity contribution in [3.8, 4) is 0 Å². The highest BCUT2D eigenvalue weighted by atomic mass is 19.3. The zero-order valence-corrected chi connectivity index (χ0v) is 15.2. The van der Waals surface area contributed by atoms with Crippen LogP contribution >= 0.6 is 0 Å². The van der Waals surface area contributed by atoms with Gasteiger partial charge < -0.3 is 16.1 Å². The summed E-state index contributed by atoms with van der Waals surface area (Å²) in [6.07, 6.45) is 5.85. The molecule has 6 nitrogen and oxygen atoms in total. The summed E-state index contributed by atoms with van der Waals surface area (Å²) in [5.74, 6) is -2.08. The first kappa shape index (κ1) is 18.1. The number of hydrogen-bond acceptors (Lipinski definition) is 5. The van der Waals surface area contributed by atoms with Crippen LogP contribution < -0.4 is 21.5 Å². The number of halogens is 2. The summed E-state index contributed by atoms with van der Waals surface area (Å²) in [5, 5.41) is 6.13. The Bertz CT molecular complexity index is 771. The summed E-state index contributed by atoms with van der Waals surface area (Å²) in [5.41, 5.74) is 7.97. The average molecular weight is 374 g/mol. The molecule has 3 atom stereocenters. The van der Waals surface area contributed by atoms with Crippen LogP contribution in [0.1, 0.15) is 30.4 Å². The first-order valence-corrected chi connectivity index (χ1v) is 9.27. The van der Waals surface area contributed by atoms with Gasteiger partial charge in [0.1, 0.15) is 12.0 Å². The molecule has 0 spiro atoms. The fourth-order valence-electron chi connectivity index (χ4n) is 3.65. The van der Waals surface area contributed by atoms with Gasteiger partial charge in [0.15, 0.2) is 0 Å². The molecular formula is C19H24F2N6. The van der Waals surface area contributed by atoms with E-state index in [-0.39, 0.29) is 30.4 Å². The molecule has 1 fully saturated rings. The lowest BCUT2D eigenvalue weighted by atomic mass is 10.1. The Morgan fingerprint density at radius 2 is 2.07 bits per heavy atom. The third kappa shape index (κ3) is 4.01. The van der Waals surface area contributed by atoms with Gasteiger partial charge in [-0.2, -0.15) is 8.78 Å². The summed E-state index contributed by atoms with van der Waals surface area (Å²) in [6.45, 7) is 1.54. The smallest absolute Gasteiger partial charge is 0.285 e. The molecule has 0 bridgehead atoms. The van der Waals surface area contributed by atoms with Crippen LogP contribution in [0.15, 0.2) is 46.0 Å². The van der Waals surface area contributed by atoms with Crippen molar-refractivity contribution in [1.82, 2.24) is 21.5 Å². The monoisotopic (exact) mass is 374 g/mol. The number of nitrogens with zero attached hydrogens (tertiary/aromatic N) is 2. The van der Waals surface area contributed by atoms with Crippen LogP contribution in [0.25, 0.3) is 0 Å². The number of alkyl halides is 2. The number of fused-ring (bicyclic) bond motifs is 1. The van der Waals surface area contributed by atoms with Crippen LogP contribution in [0, 0.1) is 6.92 Å². The van der Waals surface area contributed by atoms with Gasteiger partial charge in [0.2, 0.25) is 0 Å². The molecule has 4 rings (SSSR count). The van der Waals surface area contributed by atoms with Gasteiger partial charge in [-0.15, -0.1) is 0 Å². The lowest BCUT2D eigenvalue weighted by Crippen LogP contribution is -2.40. The summed E-state index contributed by atoms with van der Waals surface area (Å²) in [4.78, 5) is 9.05. The fraction of sp³-hybridized carbons (Fsp3) is 0.474. The van der Waals surface area contributed by atoms with Gasteiger partial charge in [-0.3, -0.25) is 4.99 Å². The average Bonchev–Trinajstić information content (AvgIpc) is 3.30. The minimum absolute atomic E-state index is 0.0533. The van der Waals surface area contributed by atoms with Crippen molar-refractivity contribution < 1.29 is 8.78 Å². The second kappa shape index (κ2) is 7.36. The molecule has 2 unspecified atom stereocenters. The molecule has 0 aromatic heterocycles. The number of amidine groups is 1. The molecule has 1 aliphatic carbocycles. The van der Waals surface area contributed by atoms with E-state index in [1.165, 1.54) is 12.1 Å². The van der Waals surface area contributed by atoms with Gasteiger partial charge >= 0.3 is 0 Å². The van der Waals surface area contributed by atoms with E-state index in [0.717, 1.165) is 36.2 Å². The van der Waals surface area contributed by atoms with Gasteiger partial charge in [-0.1, -0.05) is 29.8 Å². The maximum Gasteiger partial charge on any atom is 0.285 e. The lowest BCUT2D eigenvalue weighted by Gasteiger charge is -2.21. The highest BCUT2D eigenvalue weighted by Crippen LogP contribution is 2.29. The molecule has 1 aromatic carbocycles. The molecule has 144 valence electrons. The van der Waals surface area contributed by atoms with Gasteiger partial charge in [0, 0.05) is 17.8 Å². The first-order valence-electron chi connectivity index (χ1n) is 9.27. The number of aliphatic imine (C=N–C) groups is 2. The van der Waals surface area contributed by atoms with Gasteiger partial charge in [0.25, 0.3) is 5.92 Å². The van der Waals surface area contributed by atoms with Crippen molar-refractivity contribution in [1.29, 1.82) is 0 Å². The molecule has 27 heavy (non-hydrogen) atoms. The zero-order chi connectivity index (χ0) is 18.9. The van der Waals surface area contributed by atoms with E-state index in [1.807, 2.05) is 13.1 Å². The molecule has 8 heteroatoms. The Hall–Kier alpha value is -2.32. The van der Waals surface area contributed by atoms with Crippen LogP contribution in [0.5, 0.6) is 0 Å². The van der Waals surface area contributed by atoms with Crippen LogP contribution in [-0.2, 0) is 5.92 Å². The molecule has 0 saturated heterocycles. The molecule has 1 aromatic rings. The van der Waals surface area contributed by atoms with Crippen molar-refractivity contribution in [2.75, 3.05) is 6.54 Å². The van der Waals surface area contributed by atoms with E-state index < -0.39 is 5.92 Å². The molecule has 0 radical (unpaired) electrons. The highest BCUT2D eigenvalue weighted by Gasteiger charge is 2.34. The van der Waals surface area contributed by atoms with Crippen molar-refractivity contribution >= 4 is 12.2 Å². The van der Waals surface area contributed by atoms with E-state index in [9.17, 15) is 8.78 Å². The second-order valence-electron chi connectivity index (χ2n) is 7.31. The predicted octanol–water partition coefficient (Wildman–Crippen LogP) is 1.95. The van der Waals surface area contributed by atoms with Crippen molar-refractivity contribution in [2.45, 2.75) is 50.4 Å². The Morgan fingerprint density at radius 3 is 2.89 bits per heavy atom. The highest BCUT2D eigenvalue weighted by molar-refractivity contribution is 6.07. The first-order chi connectivity index (χ1) is 13.0. The van der Waals surface area contributed by atoms with Crippen molar-refractivity contribution in [3.05, 3.63) is 47.2 Å². The Morgan fingerprint density at radius 1 is 1.26 bits per heavy atom. The molecule has 3 aliphatic rings. The largest absolute Gasteiger partial charge is 0.331 e. The number of nitrogens with one attached hydrogen (secondary N) is 4. The Labute approximate surface area is 157 Å². The summed E-state index contributed by atoms with van der Waals surface area (Å²) >= 11 is 0. The number of aryl methyl sites for hydroxylation is 1. The number of hydrogen-bond donors (Lipinski definition) is 4. The summed E-state index contributed by atoms with van der Waals surface area (Å²) in [6, 6.07) is 6.62. The van der Waals surface area contributed by atoms with Gasteiger partial charge in [-0.05, 0) is 26.2 Å². The maximum atomic E-state index is 14.4. The van der Waals surface area contributed by atoms with Crippen molar-refractivity contribution in [3.63, 3.8) is 0 Å². The van der Waals surface area contributed by atoms with Gasteiger partial charge in [-0.25, -0.2) is 10.4 Å². The third-order valence-corrected chi connectivity index (χ3v) is 5.24. The zero-order valence-electron chi connectivity index (χ0n) is 15.2. The molecule has 1 saturated carbocycles. The van der Waals surface area contributed by atoms with Crippen molar-refractivity contribution in [2.24, 2.45) is 9.98 Å². The topological polar surface area (TPSA) is 72.8 Å². The SMILES string of the molecule is Cc1ccc(C(F)(F)CNC2CC[C@H](N=C3NC=NC4NNC=C34)C2)cc1. The van der Waals surface area contributed by atoms with E-state index in [2.05, 4.69) is 26.5 Å². The third-order valence-electron chi connectivity index (χ3n) is 5.24. The number of benzene rings is 1. The summed E-state index contributed by atoms with van der Waals surface area (Å²) < 4.78 is 28.8. The standard InChI is InChI=1S/C19H24F2N6/c1-12-2-4-13(5-3-12)19(20,21)10-22-14-6-7-15(8-14)26-17-16-9-25-27-18(16)24-11-23-17/h2-5,9,11,14-15,18,22,25,27H,6-8,10H2,1H3,(H,23,24,26)/t14?,15-,18?/m0/s1. The van der Waals surface area contributed by atoms with E-state index in [0.29, 0.717) is 0 Å². The maximum absolute atomic E-state index is 14.4.